The third-order valence-corrected chi connectivity index (χ3v) is 6.69. The van der Waals surface area contributed by atoms with Crippen LogP contribution in [0, 0.1) is 0 Å². The Morgan fingerprint density at radius 2 is 1.85 bits per heavy atom. The molecule has 2 rings (SSSR count). The normalized spacial score (nSPS) is 19.8. The Hall–Kier alpha value is 0.150. The molecule has 0 bridgehead atoms. The first-order valence-electron chi connectivity index (χ1n) is 6.49. The van der Waals surface area contributed by atoms with Gasteiger partial charge in [0.25, 0.3) is 0 Å². The van der Waals surface area contributed by atoms with Crippen molar-refractivity contribution in [1.29, 1.82) is 0 Å². The number of hydrogen-bond acceptors (Lipinski definition) is 4. The van der Waals surface area contributed by atoms with Crippen LogP contribution in [0.3, 0.4) is 0 Å². The van der Waals surface area contributed by atoms with Crippen molar-refractivity contribution < 1.29 is 13.5 Å². The third kappa shape index (κ3) is 4.08. The van der Waals surface area contributed by atoms with Crippen molar-refractivity contribution in [3.05, 3.63) is 14.7 Å². The molecule has 0 aromatic carbocycles. The zero-order chi connectivity index (χ0) is 14.8. The molecule has 1 saturated carbocycles. The van der Waals surface area contributed by atoms with Crippen LogP contribution in [0.1, 0.15) is 38.5 Å². The fraction of sp³-hybridized carbons (Fsp3) is 0.667. The Balaban J connectivity index is 2.07. The van der Waals surface area contributed by atoms with E-state index in [0.717, 1.165) is 37.0 Å². The summed E-state index contributed by atoms with van der Waals surface area (Å²) in [6.45, 7) is 0.0130. The van der Waals surface area contributed by atoms with E-state index in [-0.39, 0.29) is 15.8 Å². The van der Waals surface area contributed by atoms with Crippen LogP contribution in [-0.4, -0.2) is 25.7 Å². The van der Waals surface area contributed by atoms with Crippen LogP contribution >= 0.6 is 34.5 Å². The van der Waals surface area contributed by atoms with Crippen LogP contribution < -0.4 is 4.72 Å². The lowest BCUT2D eigenvalue weighted by molar-refractivity contribution is 0.0303. The van der Waals surface area contributed by atoms with Gasteiger partial charge in [-0.2, -0.15) is 0 Å². The molecule has 0 unspecified atom stereocenters. The largest absolute Gasteiger partial charge is 0.389 e. The van der Waals surface area contributed by atoms with Gasteiger partial charge in [0.1, 0.15) is 9.23 Å². The summed E-state index contributed by atoms with van der Waals surface area (Å²) in [5, 5.41) is 10.5. The molecule has 0 radical (unpaired) electrons. The van der Waals surface area contributed by atoms with E-state index in [1.54, 1.807) is 0 Å². The van der Waals surface area contributed by atoms with Crippen LogP contribution in [0.4, 0.5) is 0 Å². The Labute approximate surface area is 133 Å². The molecule has 8 heteroatoms. The van der Waals surface area contributed by atoms with E-state index < -0.39 is 15.6 Å². The summed E-state index contributed by atoms with van der Waals surface area (Å²) in [7, 11) is -3.74. The molecular formula is C12H17Cl2NO3S2. The Morgan fingerprint density at radius 3 is 2.35 bits per heavy atom. The molecule has 1 aromatic rings. The zero-order valence-electron chi connectivity index (χ0n) is 10.9. The maximum atomic E-state index is 12.2. The van der Waals surface area contributed by atoms with E-state index in [1.165, 1.54) is 6.07 Å². The minimum Gasteiger partial charge on any atom is -0.389 e. The van der Waals surface area contributed by atoms with E-state index in [0.29, 0.717) is 17.2 Å². The van der Waals surface area contributed by atoms with Gasteiger partial charge in [-0.3, -0.25) is 0 Å². The molecule has 1 aromatic heterocycles. The molecule has 20 heavy (non-hydrogen) atoms. The smallest absolute Gasteiger partial charge is 0.243 e. The maximum Gasteiger partial charge on any atom is 0.243 e. The molecule has 0 saturated heterocycles. The second-order valence-electron chi connectivity index (χ2n) is 5.15. The predicted octanol–water partition coefficient (Wildman–Crippen LogP) is 3.42. The first-order valence-corrected chi connectivity index (χ1v) is 9.55. The second-order valence-corrected chi connectivity index (χ2v) is 9.17. The molecule has 0 spiro atoms. The minimum atomic E-state index is -3.74. The van der Waals surface area contributed by atoms with Crippen LogP contribution in [0.25, 0.3) is 0 Å². The lowest BCUT2D eigenvalue weighted by Crippen LogP contribution is -2.42. The van der Waals surface area contributed by atoms with Gasteiger partial charge in [-0.15, -0.1) is 11.3 Å². The van der Waals surface area contributed by atoms with E-state index in [2.05, 4.69) is 4.72 Å². The quantitative estimate of drug-likeness (QED) is 0.811. The van der Waals surface area contributed by atoms with Crippen LogP contribution in [0.2, 0.25) is 8.67 Å². The summed E-state index contributed by atoms with van der Waals surface area (Å²) in [6, 6.07) is 1.33. The highest BCUT2D eigenvalue weighted by molar-refractivity contribution is 7.89. The van der Waals surface area contributed by atoms with Crippen LogP contribution in [0.15, 0.2) is 11.0 Å². The van der Waals surface area contributed by atoms with Gasteiger partial charge in [0, 0.05) is 6.54 Å². The van der Waals surface area contributed by atoms with E-state index in [1.807, 2.05) is 0 Å². The monoisotopic (exact) mass is 357 g/mol. The van der Waals surface area contributed by atoms with E-state index >= 15 is 0 Å². The maximum absolute atomic E-state index is 12.2. The molecule has 4 nitrogen and oxygen atoms in total. The van der Waals surface area contributed by atoms with Crippen molar-refractivity contribution >= 4 is 44.6 Å². The molecule has 2 N–H and O–H groups in total. The van der Waals surface area contributed by atoms with Gasteiger partial charge < -0.3 is 5.11 Å². The van der Waals surface area contributed by atoms with Gasteiger partial charge in [-0.25, -0.2) is 13.1 Å². The molecule has 1 heterocycles. The van der Waals surface area contributed by atoms with E-state index in [9.17, 15) is 13.5 Å². The zero-order valence-corrected chi connectivity index (χ0v) is 14.0. The predicted molar refractivity (Wildman–Crippen MR) is 82.2 cm³/mol. The molecule has 114 valence electrons. The summed E-state index contributed by atoms with van der Waals surface area (Å²) in [4.78, 5) is -0.0219. The molecular weight excluding hydrogens is 341 g/mol. The number of sulfonamides is 1. The third-order valence-electron chi connectivity index (χ3n) is 3.54. The highest BCUT2D eigenvalue weighted by Gasteiger charge is 2.31. The number of nitrogens with one attached hydrogen (secondary N) is 1. The minimum absolute atomic E-state index is 0.0130. The van der Waals surface area contributed by atoms with Crippen molar-refractivity contribution in [2.24, 2.45) is 0 Å². The summed E-state index contributed by atoms with van der Waals surface area (Å²) in [6.07, 6.45) is 5.25. The van der Waals surface area contributed by atoms with E-state index in [4.69, 9.17) is 23.2 Å². The summed E-state index contributed by atoms with van der Waals surface area (Å²) < 4.78 is 27.3. The summed E-state index contributed by atoms with van der Waals surface area (Å²) >= 11 is 12.6. The first kappa shape index (κ1) is 16.5. The average Bonchev–Trinajstić information content (AvgIpc) is 2.59. The van der Waals surface area contributed by atoms with Crippen LogP contribution in [0.5, 0.6) is 0 Å². The number of rotatable bonds is 4. The van der Waals surface area contributed by atoms with Crippen molar-refractivity contribution in [1.82, 2.24) is 4.72 Å². The fourth-order valence-corrected chi connectivity index (χ4v) is 5.65. The fourth-order valence-electron chi connectivity index (χ4n) is 2.38. The van der Waals surface area contributed by atoms with Gasteiger partial charge in [-0.05, 0) is 18.9 Å². The SMILES string of the molecule is O=S(=O)(NCC1(O)CCCCCC1)c1cc(Cl)sc1Cl. The standard InChI is InChI=1S/C12H17Cl2NO3S2/c13-10-7-9(11(14)19-10)20(17,18)15-8-12(16)5-3-1-2-4-6-12/h7,15-16H,1-6,8H2. The number of halogens is 2. The molecule has 1 aliphatic rings. The Bertz CT molecular complexity index is 563. The molecule has 1 aliphatic carbocycles. The van der Waals surface area contributed by atoms with Crippen molar-refractivity contribution in [3.63, 3.8) is 0 Å². The van der Waals surface area contributed by atoms with Crippen molar-refractivity contribution in [2.75, 3.05) is 6.54 Å². The van der Waals surface area contributed by atoms with Crippen molar-refractivity contribution in [2.45, 2.75) is 49.0 Å². The lowest BCUT2D eigenvalue weighted by Gasteiger charge is -2.26. The summed E-state index contributed by atoms with van der Waals surface area (Å²) in [5.74, 6) is 0. The first-order chi connectivity index (χ1) is 9.32. The van der Waals surface area contributed by atoms with Crippen LogP contribution in [-0.2, 0) is 10.0 Å². The van der Waals surface area contributed by atoms with Gasteiger partial charge in [-0.1, -0.05) is 48.9 Å². The molecule has 0 amide bonds. The molecule has 0 aliphatic heterocycles. The molecule has 0 atom stereocenters. The second kappa shape index (κ2) is 6.50. The average molecular weight is 358 g/mol. The van der Waals surface area contributed by atoms with Gasteiger partial charge >= 0.3 is 0 Å². The van der Waals surface area contributed by atoms with Gasteiger partial charge in [0.15, 0.2) is 0 Å². The highest BCUT2D eigenvalue weighted by Crippen LogP contribution is 2.34. The Kier molecular flexibility index (Phi) is 5.37. The topological polar surface area (TPSA) is 66.4 Å². The van der Waals surface area contributed by atoms with Gasteiger partial charge in [0.05, 0.1) is 9.94 Å². The lowest BCUT2D eigenvalue weighted by atomic mass is 9.95. The van der Waals surface area contributed by atoms with Gasteiger partial charge in [0.2, 0.25) is 10.0 Å². The number of thiophene rings is 1. The number of hydrogen-bond donors (Lipinski definition) is 2. The highest BCUT2D eigenvalue weighted by atomic mass is 35.5. The Morgan fingerprint density at radius 1 is 1.25 bits per heavy atom. The molecule has 1 fully saturated rings. The number of aliphatic hydroxyl groups is 1. The van der Waals surface area contributed by atoms with Crippen molar-refractivity contribution in [3.8, 4) is 0 Å². The summed E-state index contributed by atoms with van der Waals surface area (Å²) in [5.41, 5.74) is -0.962.